The summed E-state index contributed by atoms with van der Waals surface area (Å²) in [6, 6.07) is 3.22. The molecule has 0 bridgehead atoms. The summed E-state index contributed by atoms with van der Waals surface area (Å²) in [4.78, 5) is 26.0. The second-order valence-corrected chi connectivity index (χ2v) is 3.81. The van der Waals surface area contributed by atoms with Gasteiger partial charge < -0.3 is 10.3 Å². The number of fused-ring (bicyclic) bond motifs is 1. The van der Waals surface area contributed by atoms with E-state index in [0.717, 1.165) is 11.1 Å². The summed E-state index contributed by atoms with van der Waals surface area (Å²) >= 11 is 0. The SMILES string of the molecule is Cc1cc2nc(C(=O)O)c(=O)n(O)c2cc1C. The van der Waals surface area contributed by atoms with Gasteiger partial charge in [-0.3, -0.25) is 4.79 Å². The maximum Gasteiger partial charge on any atom is 0.360 e. The molecule has 1 aromatic heterocycles. The van der Waals surface area contributed by atoms with Gasteiger partial charge in [0.15, 0.2) is 0 Å². The van der Waals surface area contributed by atoms with E-state index in [0.29, 0.717) is 4.73 Å². The largest absolute Gasteiger partial charge is 0.476 e. The molecule has 0 aliphatic rings. The predicted molar refractivity (Wildman–Crippen MR) is 59.6 cm³/mol. The Morgan fingerprint density at radius 2 is 1.88 bits per heavy atom. The fraction of sp³-hybridized carbons (Fsp3) is 0.182. The minimum Gasteiger partial charge on any atom is -0.476 e. The van der Waals surface area contributed by atoms with E-state index in [2.05, 4.69) is 4.98 Å². The first kappa shape index (κ1) is 11.1. The molecule has 0 atom stereocenters. The summed E-state index contributed by atoms with van der Waals surface area (Å²) in [5, 5.41) is 18.4. The molecule has 88 valence electrons. The quantitative estimate of drug-likeness (QED) is 0.716. The Bertz CT molecular complexity index is 688. The molecular weight excluding hydrogens is 224 g/mol. The second kappa shape index (κ2) is 3.58. The first-order valence-corrected chi connectivity index (χ1v) is 4.88. The Labute approximate surface area is 95.7 Å². The fourth-order valence-electron chi connectivity index (χ4n) is 1.56. The molecule has 6 nitrogen and oxygen atoms in total. The zero-order valence-electron chi connectivity index (χ0n) is 9.26. The lowest BCUT2D eigenvalue weighted by atomic mass is 10.1. The number of carboxylic acid groups (broad SMARTS) is 1. The maximum absolute atomic E-state index is 11.5. The van der Waals surface area contributed by atoms with Gasteiger partial charge in [0, 0.05) is 0 Å². The first-order chi connectivity index (χ1) is 7.91. The third-order valence-electron chi connectivity index (χ3n) is 2.65. The van der Waals surface area contributed by atoms with E-state index in [1.165, 1.54) is 0 Å². The minimum atomic E-state index is -1.46. The molecule has 2 N–H and O–H groups in total. The van der Waals surface area contributed by atoms with Crippen LogP contribution in [0.25, 0.3) is 11.0 Å². The van der Waals surface area contributed by atoms with Crippen molar-refractivity contribution in [3.05, 3.63) is 39.3 Å². The molecule has 0 saturated carbocycles. The second-order valence-electron chi connectivity index (χ2n) is 3.81. The fourth-order valence-corrected chi connectivity index (χ4v) is 1.56. The minimum absolute atomic E-state index is 0.197. The van der Waals surface area contributed by atoms with Crippen LogP contribution in [0.4, 0.5) is 0 Å². The molecule has 0 unspecified atom stereocenters. The van der Waals surface area contributed by atoms with Gasteiger partial charge in [-0.05, 0) is 37.1 Å². The zero-order valence-corrected chi connectivity index (χ0v) is 9.26. The van der Waals surface area contributed by atoms with Crippen molar-refractivity contribution < 1.29 is 15.1 Å². The van der Waals surface area contributed by atoms with E-state index in [1.54, 1.807) is 12.1 Å². The molecule has 0 aliphatic carbocycles. The highest BCUT2D eigenvalue weighted by atomic mass is 16.5. The van der Waals surface area contributed by atoms with Crippen molar-refractivity contribution in [3.63, 3.8) is 0 Å². The van der Waals surface area contributed by atoms with Crippen molar-refractivity contribution in [2.75, 3.05) is 0 Å². The average molecular weight is 234 g/mol. The Morgan fingerprint density at radius 1 is 1.29 bits per heavy atom. The normalized spacial score (nSPS) is 10.7. The van der Waals surface area contributed by atoms with Crippen LogP contribution in [-0.4, -0.2) is 26.0 Å². The summed E-state index contributed by atoms with van der Waals surface area (Å²) in [6.45, 7) is 3.66. The number of carbonyl (C=O) groups is 1. The van der Waals surface area contributed by atoms with Crippen molar-refractivity contribution in [1.82, 2.24) is 9.71 Å². The topological polar surface area (TPSA) is 92.4 Å². The summed E-state index contributed by atoms with van der Waals surface area (Å²) in [5.74, 6) is -1.46. The average Bonchev–Trinajstić information content (AvgIpc) is 2.26. The standard InChI is InChI=1S/C11H10N2O4/c1-5-3-7-8(4-6(5)2)13(17)10(14)9(12-7)11(15)16/h3-4,17H,1-2H3,(H,15,16). The van der Waals surface area contributed by atoms with Crippen LogP contribution in [0, 0.1) is 13.8 Å². The van der Waals surface area contributed by atoms with Gasteiger partial charge in [-0.1, -0.05) is 0 Å². The summed E-state index contributed by atoms with van der Waals surface area (Å²) in [7, 11) is 0. The van der Waals surface area contributed by atoms with Gasteiger partial charge in [-0.25, -0.2) is 9.78 Å². The first-order valence-electron chi connectivity index (χ1n) is 4.88. The van der Waals surface area contributed by atoms with Crippen LogP contribution in [0.15, 0.2) is 16.9 Å². The molecule has 2 rings (SSSR count). The molecule has 0 saturated heterocycles. The van der Waals surface area contributed by atoms with E-state index in [1.807, 2.05) is 13.8 Å². The molecular formula is C11H10N2O4. The number of rotatable bonds is 1. The van der Waals surface area contributed by atoms with Crippen LogP contribution in [0.5, 0.6) is 0 Å². The summed E-state index contributed by atoms with van der Waals surface area (Å²) in [6.07, 6.45) is 0. The van der Waals surface area contributed by atoms with Gasteiger partial charge >= 0.3 is 11.5 Å². The van der Waals surface area contributed by atoms with Crippen LogP contribution < -0.4 is 5.56 Å². The molecule has 0 fully saturated rings. The van der Waals surface area contributed by atoms with Gasteiger partial charge in [0.2, 0.25) is 5.69 Å². The Kier molecular flexibility index (Phi) is 2.35. The van der Waals surface area contributed by atoms with Crippen molar-refractivity contribution >= 4 is 17.0 Å². The van der Waals surface area contributed by atoms with Crippen LogP contribution in [-0.2, 0) is 0 Å². The highest BCUT2D eigenvalue weighted by molar-refractivity contribution is 5.88. The Morgan fingerprint density at radius 3 is 2.47 bits per heavy atom. The number of aromatic nitrogens is 2. The summed E-state index contributed by atoms with van der Waals surface area (Å²) in [5.41, 5.74) is 0.525. The number of aromatic carboxylic acids is 1. The molecule has 1 heterocycles. The number of aryl methyl sites for hydroxylation is 2. The van der Waals surface area contributed by atoms with Gasteiger partial charge in [0.25, 0.3) is 0 Å². The van der Waals surface area contributed by atoms with Crippen LogP contribution in [0.1, 0.15) is 21.6 Å². The van der Waals surface area contributed by atoms with E-state index < -0.39 is 17.2 Å². The smallest absolute Gasteiger partial charge is 0.360 e. The van der Waals surface area contributed by atoms with Crippen LogP contribution in [0.3, 0.4) is 0 Å². The van der Waals surface area contributed by atoms with E-state index >= 15 is 0 Å². The molecule has 17 heavy (non-hydrogen) atoms. The van der Waals surface area contributed by atoms with Gasteiger partial charge in [-0.15, -0.1) is 4.73 Å². The van der Waals surface area contributed by atoms with Gasteiger partial charge in [0.1, 0.15) is 5.52 Å². The van der Waals surface area contributed by atoms with E-state index in [4.69, 9.17) is 5.11 Å². The van der Waals surface area contributed by atoms with E-state index in [9.17, 15) is 14.8 Å². The molecule has 0 amide bonds. The van der Waals surface area contributed by atoms with Crippen molar-refractivity contribution in [1.29, 1.82) is 0 Å². The lowest BCUT2D eigenvalue weighted by molar-refractivity contribution is 0.0682. The van der Waals surface area contributed by atoms with Crippen LogP contribution in [0.2, 0.25) is 0 Å². The number of hydrogen-bond donors (Lipinski definition) is 2. The zero-order chi connectivity index (χ0) is 12.7. The maximum atomic E-state index is 11.5. The number of hydrogen-bond acceptors (Lipinski definition) is 4. The molecule has 0 radical (unpaired) electrons. The van der Waals surface area contributed by atoms with Crippen molar-refractivity contribution in [2.24, 2.45) is 0 Å². The lowest BCUT2D eigenvalue weighted by Gasteiger charge is -2.07. The van der Waals surface area contributed by atoms with Crippen LogP contribution >= 0.6 is 0 Å². The third kappa shape index (κ3) is 1.63. The highest BCUT2D eigenvalue weighted by Crippen LogP contribution is 2.16. The number of nitrogens with zero attached hydrogens (tertiary/aromatic N) is 2. The van der Waals surface area contributed by atoms with Crippen molar-refractivity contribution in [2.45, 2.75) is 13.8 Å². The van der Waals surface area contributed by atoms with E-state index in [-0.39, 0.29) is 11.0 Å². The molecule has 6 heteroatoms. The lowest BCUT2D eigenvalue weighted by Crippen LogP contribution is -2.27. The molecule has 0 spiro atoms. The predicted octanol–water partition coefficient (Wildman–Crippen LogP) is 0.949. The van der Waals surface area contributed by atoms with Crippen molar-refractivity contribution in [3.8, 4) is 0 Å². The number of carboxylic acids is 1. The molecule has 2 aromatic rings. The Balaban J connectivity index is 2.96. The molecule has 1 aromatic carbocycles. The summed E-state index contributed by atoms with van der Waals surface area (Å²) < 4.78 is 0.318. The highest BCUT2D eigenvalue weighted by Gasteiger charge is 2.16. The third-order valence-corrected chi connectivity index (χ3v) is 2.65. The number of benzene rings is 1. The molecule has 0 aliphatic heterocycles. The van der Waals surface area contributed by atoms with Gasteiger partial charge in [-0.2, -0.15) is 0 Å². The monoisotopic (exact) mass is 234 g/mol. The van der Waals surface area contributed by atoms with Gasteiger partial charge in [0.05, 0.1) is 5.52 Å². The Hall–Kier alpha value is -2.37.